The number of amides is 1. The van der Waals surface area contributed by atoms with Crippen molar-refractivity contribution in [3.05, 3.63) is 29.8 Å². The summed E-state index contributed by atoms with van der Waals surface area (Å²) in [6.45, 7) is 4.01. The van der Waals surface area contributed by atoms with Gasteiger partial charge in [0.15, 0.2) is 0 Å². The van der Waals surface area contributed by atoms with Crippen molar-refractivity contribution >= 4 is 17.6 Å². The Morgan fingerprint density at radius 2 is 2.05 bits per heavy atom. The lowest BCUT2D eigenvalue weighted by Gasteiger charge is -2.14. The second-order valence-electron chi connectivity index (χ2n) is 4.80. The third kappa shape index (κ3) is 4.71. The first-order valence-corrected chi connectivity index (χ1v) is 6.19. The Bertz CT molecular complexity index is 458. The van der Waals surface area contributed by atoms with Crippen molar-refractivity contribution in [3.8, 4) is 0 Å². The zero-order chi connectivity index (χ0) is 14.4. The first-order chi connectivity index (χ1) is 8.93. The van der Waals surface area contributed by atoms with Gasteiger partial charge in [0, 0.05) is 5.69 Å². The second kappa shape index (κ2) is 6.89. The van der Waals surface area contributed by atoms with Gasteiger partial charge in [-0.2, -0.15) is 0 Å². The Morgan fingerprint density at radius 1 is 1.37 bits per heavy atom. The van der Waals surface area contributed by atoms with Gasteiger partial charge in [-0.3, -0.25) is 4.79 Å². The highest BCUT2D eigenvalue weighted by Gasteiger charge is 2.15. The van der Waals surface area contributed by atoms with Gasteiger partial charge in [-0.15, -0.1) is 0 Å². The van der Waals surface area contributed by atoms with Crippen molar-refractivity contribution in [2.75, 3.05) is 12.4 Å². The largest absolute Gasteiger partial charge is 0.465 e. The molecule has 0 aliphatic rings. The minimum absolute atomic E-state index is 0.254. The molecule has 0 heterocycles. The average Bonchev–Trinajstić information content (AvgIpc) is 2.37. The third-order valence-corrected chi connectivity index (χ3v) is 2.61. The molecule has 19 heavy (non-hydrogen) atoms. The molecule has 0 spiro atoms. The van der Waals surface area contributed by atoms with Gasteiger partial charge in [-0.1, -0.05) is 19.9 Å². The van der Waals surface area contributed by atoms with Crippen LogP contribution >= 0.6 is 0 Å². The SMILES string of the molecule is COC(=O)c1cccc(NC(=O)[C@H](N)CC(C)C)c1. The third-order valence-electron chi connectivity index (χ3n) is 2.61. The van der Waals surface area contributed by atoms with E-state index in [0.717, 1.165) is 0 Å². The number of carbonyl (C=O) groups excluding carboxylic acids is 2. The average molecular weight is 264 g/mol. The number of esters is 1. The van der Waals surface area contributed by atoms with Crippen molar-refractivity contribution in [3.63, 3.8) is 0 Å². The fraction of sp³-hybridized carbons (Fsp3) is 0.429. The summed E-state index contributed by atoms with van der Waals surface area (Å²) in [5.74, 6) is -0.347. The fourth-order valence-electron chi connectivity index (χ4n) is 1.69. The highest BCUT2D eigenvalue weighted by molar-refractivity contribution is 5.96. The second-order valence-corrected chi connectivity index (χ2v) is 4.80. The number of ether oxygens (including phenoxy) is 1. The molecule has 1 aromatic carbocycles. The lowest BCUT2D eigenvalue weighted by molar-refractivity contribution is -0.117. The summed E-state index contributed by atoms with van der Waals surface area (Å²) < 4.78 is 4.62. The number of nitrogens with two attached hydrogens (primary N) is 1. The lowest BCUT2D eigenvalue weighted by Crippen LogP contribution is -2.36. The molecule has 0 saturated carbocycles. The normalized spacial score (nSPS) is 12.1. The van der Waals surface area contributed by atoms with Crippen molar-refractivity contribution in [1.82, 2.24) is 0 Å². The summed E-state index contributed by atoms with van der Waals surface area (Å²) >= 11 is 0. The summed E-state index contributed by atoms with van der Waals surface area (Å²) in [5.41, 5.74) is 6.71. The maximum Gasteiger partial charge on any atom is 0.337 e. The summed E-state index contributed by atoms with van der Waals surface area (Å²) in [6.07, 6.45) is 0.614. The molecule has 5 nitrogen and oxygen atoms in total. The number of carbonyl (C=O) groups is 2. The topological polar surface area (TPSA) is 81.4 Å². The Hall–Kier alpha value is -1.88. The maximum atomic E-state index is 11.8. The number of methoxy groups -OCH3 is 1. The van der Waals surface area contributed by atoms with Crippen molar-refractivity contribution in [1.29, 1.82) is 0 Å². The van der Waals surface area contributed by atoms with E-state index in [1.165, 1.54) is 7.11 Å². The Balaban J connectivity index is 2.72. The van der Waals surface area contributed by atoms with Gasteiger partial charge in [0.1, 0.15) is 0 Å². The zero-order valence-electron chi connectivity index (χ0n) is 11.5. The smallest absolute Gasteiger partial charge is 0.337 e. The first-order valence-electron chi connectivity index (χ1n) is 6.19. The fourth-order valence-corrected chi connectivity index (χ4v) is 1.69. The molecule has 1 rings (SSSR count). The van der Waals surface area contributed by atoms with Crippen LogP contribution in [0.3, 0.4) is 0 Å². The van der Waals surface area contributed by atoms with Crippen LogP contribution in [0.15, 0.2) is 24.3 Å². The van der Waals surface area contributed by atoms with Crippen LogP contribution < -0.4 is 11.1 Å². The minimum atomic E-state index is -0.554. The van der Waals surface area contributed by atoms with Gasteiger partial charge < -0.3 is 15.8 Å². The molecule has 104 valence electrons. The number of hydrogen-bond acceptors (Lipinski definition) is 4. The predicted molar refractivity (Wildman–Crippen MR) is 73.8 cm³/mol. The van der Waals surface area contributed by atoms with E-state index in [0.29, 0.717) is 23.6 Å². The molecule has 0 unspecified atom stereocenters. The molecule has 1 amide bonds. The molecule has 1 aromatic rings. The number of benzene rings is 1. The van der Waals surface area contributed by atoms with Crippen LogP contribution in [0, 0.1) is 5.92 Å². The van der Waals surface area contributed by atoms with Gasteiger partial charge in [-0.05, 0) is 30.5 Å². The molecular weight excluding hydrogens is 244 g/mol. The van der Waals surface area contributed by atoms with E-state index in [1.807, 2.05) is 13.8 Å². The molecule has 5 heteroatoms. The highest BCUT2D eigenvalue weighted by atomic mass is 16.5. The monoisotopic (exact) mass is 264 g/mol. The van der Waals surface area contributed by atoms with Gasteiger partial charge >= 0.3 is 5.97 Å². The lowest BCUT2D eigenvalue weighted by atomic mass is 10.0. The van der Waals surface area contributed by atoms with Crippen LogP contribution in [-0.2, 0) is 9.53 Å². The minimum Gasteiger partial charge on any atom is -0.465 e. The summed E-state index contributed by atoms with van der Waals surface area (Å²) in [5, 5.41) is 2.69. The molecular formula is C14H20N2O3. The molecule has 0 aliphatic carbocycles. The van der Waals surface area contributed by atoms with E-state index >= 15 is 0 Å². The van der Waals surface area contributed by atoms with Crippen molar-refractivity contribution < 1.29 is 14.3 Å². The molecule has 1 atom stereocenters. The number of hydrogen-bond donors (Lipinski definition) is 2. The summed E-state index contributed by atoms with van der Waals surface area (Å²) in [7, 11) is 1.31. The van der Waals surface area contributed by atoms with Gasteiger partial charge in [0.25, 0.3) is 0 Å². The highest BCUT2D eigenvalue weighted by Crippen LogP contribution is 2.13. The molecule has 0 aromatic heterocycles. The van der Waals surface area contributed by atoms with Gasteiger partial charge in [0.05, 0.1) is 18.7 Å². The van der Waals surface area contributed by atoms with Crippen LogP contribution in [0.2, 0.25) is 0 Å². The van der Waals surface area contributed by atoms with E-state index in [4.69, 9.17) is 5.73 Å². The van der Waals surface area contributed by atoms with Crippen LogP contribution in [0.4, 0.5) is 5.69 Å². The van der Waals surface area contributed by atoms with Crippen molar-refractivity contribution in [2.45, 2.75) is 26.3 Å². The van der Waals surface area contributed by atoms with E-state index in [2.05, 4.69) is 10.1 Å². The zero-order valence-corrected chi connectivity index (χ0v) is 11.5. The Kier molecular flexibility index (Phi) is 5.51. The number of nitrogens with one attached hydrogen (secondary N) is 1. The molecule has 0 radical (unpaired) electrons. The van der Waals surface area contributed by atoms with Gasteiger partial charge in [-0.25, -0.2) is 4.79 Å². The molecule has 0 fully saturated rings. The summed E-state index contributed by atoms with van der Waals surface area (Å²) in [6, 6.07) is 6.01. The van der Waals surface area contributed by atoms with E-state index in [1.54, 1.807) is 24.3 Å². The molecule has 0 saturated heterocycles. The van der Waals surface area contributed by atoms with Crippen LogP contribution in [0.1, 0.15) is 30.6 Å². The van der Waals surface area contributed by atoms with E-state index < -0.39 is 12.0 Å². The molecule has 0 bridgehead atoms. The van der Waals surface area contributed by atoms with Crippen molar-refractivity contribution in [2.24, 2.45) is 11.7 Å². The molecule has 0 aliphatic heterocycles. The Morgan fingerprint density at radius 3 is 2.63 bits per heavy atom. The maximum absolute atomic E-state index is 11.8. The number of anilines is 1. The predicted octanol–water partition coefficient (Wildman–Crippen LogP) is 1.79. The van der Waals surface area contributed by atoms with E-state index in [-0.39, 0.29) is 5.91 Å². The number of rotatable bonds is 5. The van der Waals surface area contributed by atoms with Crippen LogP contribution in [0.25, 0.3) is 0 Å². The van der Waals surface area contributed by atoms with Crippen LogP contribution in [-0.4, -0.2) is 25.0 Å². The van der Waals surface area contributed by atoms with Crippen LogP contribution in [0.5, 0.6) is 0 Å². The summed E-state index contributed by atoms with van der Waals surface area (Å²) in [4.78, 5) is 23.2. The van der Waals surface area contributed by atoms with E-state index in [9.17, 15) is 9.59 Å². The standard InChI is InChI=1S/C14H20N2O3/c1-9(2)7-12(15)13(17)16-11-6-4-5-10(8-11)14(18)19-3/h4-6,8-9,12H,7,15H2,1-3H3,(H,16,17)/t12-/m1/s1. The first kappa shape index (κ1) is 15.2. The van der Waals surface area contributed by atoms with Gasteiger partial charge in [0.2, 0.25) is 5.91 Å². The quantitative estimate of drug-likeness (QED) is 0.794. The Labute approximate surface area is 113 Å². The molecule has 3 N–H and O–H groups in total.